The molecule has 1 N–H and O–H groups in total. The Morgan fingerprint density at radius 2 is 2.12 bits per heavy atom. The molecular weight excluding hydrogens is 312 g/mol. The summed E-state index contributed by atoms with van der Waals surface area (Å²) < 4.78 is 10.3. The molecule has 0 spiro atoms. The van der Waals surface area contributed by atoms with Gasteiger partial charge in [-0.1, -0.05) is 19.0 Å². The Labute approximate surface area is 140 Å². The molecule has 1 amide bonds. The van der Waals surface area contributed by atoms with Gasteiger partial charge in [-0.05, 0) is 29.7 Å². The van der Waals surface area contributed by atoms with Crippen LogP contribution in [0.5, 0.6) is 5.75 Å². The summed E-state index contributed by atoms with van der Waals surface area (Å²) in [7, 11) is 1.19. The van der Waals surface area contributed by atoms with Gasteiger partial charge in [0.1, 0.15) is 11.4 Å². The molecule has 0 radical (unpaired) electrons. The first kappa shape index (κ1) is 19.1. The Kier molecular flexibility index (Phi) is 7.32. The lowest BCUT2D eigenvalue weighted by Crippen LogP contribution is -2.09. The summed E-state index contributed by atoms with van der Waals surface area (Å²) in [5.74, 6) is -0.237. The Hall–Kier alpha value is -2.99. The zero-order valence-corrected chi connectivity index (χ0v) is 14.1. The minimum atomic E-state index is -0.756. The fourth-order valence-corrected chi connectivity index (χ4v) is 1.74. The highest BCUT2D eigenvalue weighted by Gasteiger charge is 2.11. The van der Waals surface area contributed by atoms with Crippen molar-refractivity contribution in [3.63, 3.8) is 0 Å². The van der Waals surface area contributed by atoms with Crippen molar-refractivity contribution in [3.05, 3.63) is 39.9 Å². The lowest BCUT2D eigenvalue weighted by atomic mass is 10.1. The molecule has 8 heteroatoms. The van der Waals surface area contributed by atoms with Gasteiger partial charge in [0.15, 0.2) is 0 Å². The van der Waals surface area contributed by atoms with Crippen molar-refractivity contribution in [2.75, 3.05) is 19.0 Å². The van der Waals surface area contributed by atoms with Gasteiger partial charge >= 0.3 is 5.97 Å². The Balaban J connectivity index is 3.29. The normalized spacial score (nSPS) is 10.8. The number of hydrogen-bond acceptors (Lipinski definition) is 5. The summed E-state index contributed by atoms with van der Waals surface area (Å²) in [4.78, 5) is 25.4. The molecule has 8 nitrogen and oxygen atoms in total. The van der Waals surface area contributed by atoms with Gasteiger partial charge in [-0.3, -0.25) is 4.79 Å². The standard InChI is InChI=1S/C16H20N4O4/c1-10(2)9-24-15-8-13(18-11(3)21)6-5-12(15)7-14(19-20-17)16(22)23-4/h5-8,10H,9H2,1-4H3,(H,18,21)/b14-7-. The monoisotopic (exact) mass is 332 g/mol. The number of hydrogen-bond donors (Lipinski definition) is 1. The van der Waals surface area contributed by atoms with Crippen molar-refractivity contribution in [1.82, 2.24) is 0 Å². The average Bonchev–Trinajstić information content (AvgIpc) is 2.52. The van der Waals surface area contributed by atoms with E-state index in [1.807, 2.05) is 13.8 Å². The van der Waals surface area contributed by atoms with Gasteiger partial charge in [0, 0.05) is 29.2 Å². The van der Waals surface area contributed by atoms with E-state index in [-0.39, 0.29) is 17.5 Å². The number of ether oxygens (including phenoxy) is 2. The molecule has 0 aliphatic rings. The molecule has 0 fully saturated rings. The maximum atomic E-state index is 11.6. The van der Waals surface area contributed by atoms with E-state index < -0.39 is 5.97 Å². The number of benzene rings is 1. The zero-order valence-electron chi connectivity index (χ0n) is 14.1. The molecule has 0 saturated carbocycles. The minimum absolute atomic E-state index is 0.193. The molecule has 0 bridgehead atoms. The van der Waals surface area contributed by atoms with Crippen molar-refractivity contribution in [2.24, 2.45) is 11.0 Å². The number of methoxy groups -OCH3 is 1. The van der Waals surface area contributed by atoms with E-state index in [1.165, 1.54) is 20.1 Å². The van der Waals surface area contributed by atoms with Crippen LogP contribution in [-0.2, 0) is 14.3 Å². The average molecular weight is 332 g/mol. The number of anilines is 1. The van der Waals surface area contributed by atoms with Crippen molar-refractivity contribution in [3.8, 4) is 5.75 Å². The fraction of sp³-hybridized carbons (Fsp3) is 0.375. The van der Waals surface area contributed by atoms with Crippen molar-refractivity contribution >= 4 is 23.6 Å². The van der Waals surface area contributed by atoms with Crippen LogP contribution in [0.2, 0.25) is 0 Å². The van der Waals surface area contributed by atoms with Crippen LogP contribution in [0.25, 0.3) is 16.5 Å². The van der Waals surface area contributed by atoms with Gasteiger partial charge in [0.25, 0.3) is 0 Å². The quantitative estimate of drug-likeness (QED) is 0.270. The van der Waals surface area contributed by atoms with Crippen LogP contribution in [0.15, 0.2) is 29.0 Å². The number of carbonyl (C=O) groups is 2. The van der Waals surface area contributed by atoms with E-state index >= 15 is 0 Å². The number of azide groups is 1. The third kappa shape index (κ3) is 6.02. The highest BCUT2D eigenvalue weighted by Crippen LogP contribution is 2.27. The van der Waals surface area contributed by atoms with Gasteiger partial charge in [-0.15, -0.1) is 0 Å². The number of carbonyl (C=O) groups excluding carboxylic acids is 2. The molecule has 1 aromatic carbocycles. The summed E-state index contributed by atoms with van der Waals surface area (Å²) in [6.07, 6.45) is 1.37. The molecule has 24 heavy (non-hydrogen) atoms. The molecule has 1 rings (SSSR count). The van der Waals surface area contributed by atoms with Crippen LogP contribution in [0.4, 0.5) is 5.69 Å². The molecule has 0 aliphatic carbocycles. The smallest absolute Gasteiger partial charge is 0.340 e. The highest BCUT2D eigenvalue weighted by molar-refractivity contribution is 5.94. The number of amides is 1. The second-order valence-corrected chi connectivity index (χ2v) is 5.35. The largest absolute Gasteiger partial charge is 0.493 e. The number of esters is 1. The first-order valence-corrected chi connectivity index (χ1v) is 7.27. The Morgan fingerprint density at radius 3 is 2.67 bits per heavy atom. The molecule has 0 unspecified atom stereocenters. The maximum Gasteiger partial charge on any atom is 0.340 e. The van der Waals surface area contributed by atoms with E-state index in [0.717, 1.165) is 0 Å². The van der Waals surface area contributed by atoms with Crippen molar-refractivity contribution in [1.29, 1.82) is 0 Å². The van der Waals surface area contributed by atoms with E-state index in [4.69, 9.17) is 10.3 Å². The SMILES string of the molecule is COC(=O)/C(=C/c1ccc(NC(C)=O)cc1OCC(C)C)N=[N+]=[N-]. The second-order valence-electron chi connectivity index (χ2n) is 5.35. The van der Waals surface area contributed by atoms with Gasteiger partial charge in [-0.25, -0.2) is 4.79 Å². The summed E-state index contributed by atoms with van der Waals surface area (Å²) in [5.41, 5.74) is 9.47. The predicted octanol–water partition coefficient (Wildman–Crippen LogP) is 3.50. The van der Waals surface area contributed by atoms with Crippen LogP contribution in [0, 0.1) is 5.92 Å². The Morgan fingerprint density at radius 1 is 1.42 bits per heavy atom. The van der Waals surface area contributed by atoms with Crippen LogP contribution in [0.3, 0.4) is 0 Å². The Bertz CT molecular complexity index is 691. The molecule has 128 valence electrons. The van der Waals surface area contributed by atoms with Crippen LogP contribution in [0.1, 0.15) is 26.3 Å². The molecule has 1 aromatic rings. The van der Waals surface area contributed by atoms with Gasteiger partial charge < -0.3 is 14.8 Å². The van der Waals surface area contributed by atoms with Crippen molar-refractivity contribution < 1.29 is 19.1 Å². The summed E-state index contributed by atoms with van der Waals surface area (Å²) in [6.45, 7) is 5.83. The van der Waals surface area contributed by atoms with Gasteiger partial charge in [0.2, 0.25) is 5.91 Å². The van der Waals surface area contributed by atoms with Crippen LogP contribution >= 0.6 is 0 Å². The van der Waals surface area contributed by atoms with E-state index in [2.05, 4.69) is 20.1 Å². The summed E-state index contributed by atoms with van der Waals surface area (Å²) in [5, 5.41) is 6.00. The van der Waals surface area contributed by atoms with Crippen molar-refractivity contribution in [2.45, 2.75) is 20.8 Å². The number of nitrogens with zero attached hydrogens (tertiary/aromatic N) is 3. The third-order valence-electron chi connectivity index (χ3n) is 2.75. The second kappa shape index (κ2) is 9.22. The summed E-state index contributed by atoms with van der Waals surface area (Å²) >= 11 is 0. The maximum absolute atomic E-state index is 11.6. The van der Waals surface area contributed by atoms with Crippen LogP contribution < -0.4 is 10.1 Å². The van der Waals surface area contributed by atoms with E-state index in [9.17, 15) is 9.59 Å². The zero-order chi connectivity index (χ0) is 18.1. The lowest BCUT2D eigenvalue weighted by Gasteiger charge is -2.13. The number of nitrogens with one attached hydrogen (secondary N) is 1. The van der Waals surface area contributed by atoms with Gasteiger partial charge in [-0.2, -0.15) is 0 Å². The van der Waals surface area contributed by atoms with E-state index in [0.29, 0.717) is 23.6 Å². The molecule has 0 saturated heterocycles. The third-order valence-corrected chi connectivity index (χ3v) is 2.75. The number of rotatable bonds is 7. The fourth-order valence-electron chi connectivity index (χ4n) is 1.74. The molecule has 0 atom stereocenters. The first-order chi connectivity index (χ1) is 11.4. The lowest BCUT2D eigenvalue weighted by molar-refractivity contribution is -0.136. The first-order valence-electron chi connectivity index (χ1n) is 7.27. The molecular formula is C16H20N4O4. The highest BCUT2D eigenvalue weighted by atomic mass is 16.5. The predicted molar refractivity (Wildman–Crippen MR) is 90.2 cm³/mol. The molecule has 0 aliphatic heterocycles. The summed E-state index contributed by atoms with van der Waals surface area (Å²) in [6, 6.07) is 4.94. The van der Waals surface area contributed by atoms with E-state index in [1.54, 1.807) is 18.2 Å². The topological polar surface area (TPSA) is 113 Å². The minimum Gasteiger partial charge on any atom is -0.493 e. The van der Waals surface area contributed by atoms with Gasteiger partial charge in [0.05, 0.1) is 13.7 Å². The molecule has 0 aromatic heterocycles. The van der Waals surface area contributed by atoms with Crippen LogP contribution in [-0.4, -0.2) is 25.6 Å². The molecule has 0 heterocycles.